The first-order valence-electron chi connectivity index (χ1n) is 33.0. The number of halogens is 4. The van der Waals surface area contributed by atoms with Crippen molar-refractivity contribution in [2.45, 2.75) is 274 Å². The fourth-order valence-electron chi connectivity index (χ4n) is 9.85. The van der Waals surface area contributed by atoms with Crippen molar-refractivity contribution in [3.63, 3.8) is 0 Å². The fourth-order valence-corrected chi connectivity index (χ4v) is 9.85. The van der Waals surface area contributed by atoms with E-state index in [9.17, 15) is 17.6 Å². The first-order chi connectivity index (χ1) is 39.5. The lowest BCUT2D eigenvalue weighted by Crippen LogP contribution is -2.21. The van der Waals surface area contributed by atoms with E-state index in [0.717, 1.165) is 71.7 Å². The first kappa shape index (κ1) is 81.0. The average Bonchev–Trinajstić information content (AvgIpc) is 3.61. The Morgan fingerprint density at radius 1 is 0.306 bits per heavy atom. The molecule has 6 heteroatoms. The molecule has 4 aromatic carbocycles. The number of aryl methyl sites for hydroxylation is 8. The third-order valence-electron chi connectivity index (χ3n) is 17.2. The quantitative estimate of drug-likeness (QED) is 0.129. The van der Waals surface area contributed by atoms with Crippen LogP contribution in [-0.4, -0.2) is 25.4 Å². The zero-order valence-corrected chi connectivity index (χ0v) is 57.3. The van der Waals surface area contributed by atoms with Crippen LogP contribution < -0.4 is 0 Å². The van der Waals surface area contributed by atoms with Crippen LogP contribution in [0, 0.1) is 126 Å². The largest absolute Gasteiger partial charge is 0.378 e. The Bertz CT molecular complexity index is 2120. The van der Waals surface area contributed by atoms with E-state index < -0.39 is 11.6 Å². The lowest BCUT2D eigenvalue weighted by Gasteiger charge is -2.23. The summed E-state index contributed by atoms with van der Waals surface area (Å²) in [6.07, 6.45) is 30.9. The van der Waals surface area contributed by atoms with Gasteiger partial charge in [0.2, 0.25) is 0 Å². The minimum Gasteiger partial charge on any atom is -0.378 e. The first-order valence-corrected chi connectivity index (χ1v) is 33.0. The predicted molar refractivity (Wildman–Crippen MR) is 365 cm³/mol. The van der Waals surface area contributed by atoms with Crippen molar-refractivity contribution in [3.8, 4) is 0 Å². The van der Waals surface area contributed by atoms with Gasteiger partial charge in [0.05, 0.1) is 12.2 Å². The number of rotatable bonds is 0. The molecule has 484 valence electrons. The van der Waals surface area contributed by atoms with E-state index in [0.29, 0.717) is 34.5 Å². The second-order valence-corrected chi connectivity index (χ2v) is 27.2. The molecule has 0 spiro atoms. The van der Waals surface area contributed by atoms with Gasteiger partial charge < -0.3 is 9.47 Å². The lowest BCUT2D eigenvalue weighted by atomic mass is 9.84. The molecule has 6 atom stereocenters. The molecule has 2 saturated heterocycles. The highest BCUT2D eigenvalue weighted by molar-refractivity contribution is 5.25. The maximum absolute atomic E-state index is 12.6. The Morgan fingerprint density at radius 2 is 0.565 bits per heavy atom. The summed E-state index contributed by atoms with van der Waals surface area (Å²) in [6.45, 7) is 43.8. The van der Waals surface area contributed by atoms with Crippen molar-refractivity contribution in [3.05, 3.63) is 164 Å². The Kier molecular flexibility index (Phi) is 44.0. The third-order valence-corrected chi connectivity index (χ3v) is 17.2. The Morgan fingerprint density at radius 3 is 0.765 bits per heavy atom. The van der Waals surface area contributed by atoms with Gasteiger partial charge in [0, 0.05) is 13.2 Å². The predicted octanol–water partition coefficient (Wildman–Crippen LogP) is 25.2. The van der Waals surface area contributed by atoms with Gasteiger partial charge in [-0.05, 0) is 240 Å². The van der Waals surface area contributed by atoms with Crippen molar-refractivity contribution in [2.24, 2.45) is 47.3 Å². The van der Waals surface area contributed by atoms with Crippen LogP contribution in [0.5, 0.6) is 0 Å². The zero-order chi connectivity index (χ0) is 63.3. The van der Waals surface area contributed by atoms with Gasteiger partial charge in [-0.15, -0.1) is 0 Å². The van der Waals surface area contributed by atoms with Crippen LogP contribution in [0.3, 0.4) is 0 Å². The Hall–Kier alpha value is -4.00. The summed E-state index contributed by atoms with van der Waals surface area (Å²) in [4.78, 5) is 0. The van der Waals surface area contributed by atoms with Crippen LogP contribution in [-0.2, 0) is 9.47 Å². The molecular formula is C79H128F4O2. The van der Waals surface area contributed by atoms with E-state index in [1.165, 1.54) is 153 Å². The molecule has 2 nitrogen and oxygen atoms in total. The van der Waals surface area contributed by atoms with E-state index in [1.807, 2.05) is 26.0 Å². The van der Waals surface area contributed by atoms with Crippen molar-refractivity contribution >= 4 is 0 Å². The number of benzene rings is 4. The van der Waals surface area contributed by atoms with Gasteiger partial charge in [0.15, 0.2) is 11.6 Å². The molecule has 6 aliphatic rings. The van der Waals surface area contributed by atoms with Crippen LogP contribution in [0.15, 0.2) is 96.1 Å². The number of allylic oxidation sites excluding steroid dienone is 4. The van der Waals surface area contributed by atoms with Crippen LogP contribution in [0.2, 0.25) is 0 Å². The smallest absolute Gasteiger partial charge is 0.161 e. The zero-order valence-electron chi connectivity index (χ0n) is 57.3. The topological polar surface area (TPSA) is 18.5 Å². The summed E-state index contributed by atoms with van der Waals surface area (Å²) in [7, 11) is 0. The highest BCUT2D eigenvalue weighted by atomic mass is 19.2. The molecule has 4 fully saturated rings. The number of hydrogen-bond donors (Lipinski definition) is 0. The summed E-state index contributed by atoms with van der Waals surface area (Å²) >= 11 is 0. The molecule has 0 radical (unpaired) electrons. The number of hydrogen-bond acceptors (Lipinski definition) is 2. The molecule has 0 amide bonds. The van der Waals surface area contributed by atoms with Gasteiger partial charge in [-0.2, -0.15) is 0 Å². The molecule has 6 unspecified atom stereocenters. The molecule has 0 N–H and O–H groups in total. The van der Waals surface area contributed by atoms with E-state index in [1.54, 1.807) is 49.3 Å². The summed E-state index contributed by atoms with van der Waals surface area (Å²) in [5.74, 6) is 5.86. The average molecular weight is 1190 g/mol. The van der Waals surface area contributed by atoms with E-state index in [-0.39, 0.29) is 19.1 Å². The van der Waals surface area contributed by atoms with Crippen LogP contribution >= 0.6 is 0 Å². The van der Waals surface area contributed by atoms with Crippen LogP contribution in [0.4, 0.5) is 17.6 Å². The maximum atomic E-state index is 12.6. The molecule has 0 bridgehead atoms. The van der Waals surface area contributed by atoms with E-state index in [2.05, 4.69) is 133 Å². The molecule has 2 aliphatic heterocycles. The Labute approximate surface area is 522 Å². The van der Waals surface area contributed by atoms with Gasteiger partial charge in [0.1, 0.15) is 11.6 Å². The van der Waals surface area contributed by atoms with Crippen molar-refractivity contribution in [1.29, 1.82) is 0 Å². The standard InChI is InChI=1S/C8H8F2.2C8H9F.2C8H16.2C8H14.C8H10.2C7H14O.CH4/c1-5-3-4-6(2)8(10)7(5)9;2*1-6-3-4-7(2)8(9)5-6;5*1-7-3-5-8(2)6-4-7;2*1-6-3-4-7(2)8-5-6;/h3-4H,1-2H3;2*3-5H,1-2H3;2*7-8H,3-6H2,1-2H3;2*3,8H,4-6H2,1-2H3;3-6H,1-2H3;2*6-7H,3-5H2,1-2H3;1H4. The normalized spacial score (nSPS) is 24.7. The summed E-state index contributed by atoms with van der Waals surface area (Å²) in [5.41, 5.74) is 9.89. The van der Waals surface area contributed by atoms with Gasteiger partial charge in [-0.3, -0.25) is 0 Å². The second kappa shape index (κ2) is 46.2. The summed E-state index contributed by atoms with van der Waals surface area (Å²) in [5, 5.41) is 0. The molecule has 4 aliphatic carbocycles. The highest BCUT2D eigenvalue weighted by Gasteiger charge is 2.16. The monoisotopic (exact) mass is 1180 g/mol. The summed E-state index contributed by atoms with van der Waals surface area (Å²) < 4.78 is 61.2. The minimum absolute atomic E-state index is 0. The van der Waals surface area contributed by atoms with Crippen LogP contribution in [0.1, 0.15) is 251 Å². The van der Waals surface area contributed by atoms with Crippen molar-refractivity contribution < 1.29 is 27.0 Å². The third kappa shape index (κ3) is 41.0. The molecule has 2 heterocycles. The van der Waals surface area contributed by atoms with Gasteiger partial charge in [0.25, 0.3) is 0 Å². The highest BCUT2D eigenvalue weighted by Crippen LogP contribution is 2.29. The molecular weight excluding hydrogens is 1060 g/mol. The fraction of sp³-hybridized carbons (Fsp3) is 0.646. The van der Waals surface area contributed by atoms with E-state index in [4.69, 9.17) is 9.47 Å². The number of ether oxygens (including phenoxy) is 2. The Balaban J connectivity index is 0.000000922. The van der Waals surface area contributed by atoms with Crippen LogP contribution in [0.25, 0.3) is 0 Å². The van der Waals surface area contributed by atoms with Crippen molar-refractivity contribution in [1.82, 2.24) is 0 Å². The minimum atomic E-state index is -0.736. The molecule has 2 saturated carbocycles. The molecule has 0 aromatic heterocycles. The molecule has 4 aromatic rings. The van der Waals surface area contributed by atoms with E-state index >= 15 is 0 Å². The lowest BCUT2D eigenvalue weighted by molar-refractivity contribution is 0.000174. The van der Waals surface area contributed by atoms with Gasteiger partial charge in [-0.1, -0.05) is 209 Å². The van der Waals surface area contributed by atoms with Gasteiger partial charge >= 0.3 is 0 Å². The SMILES string of the molecule is C.CC1=CCC(C)CC1.CC1=CCC(C)CC1.CC1CCC(C)CC1.CC1CCC(C)CC1.CC1CCC(C)OC1.CC1CCC(C)OC1.Cc1ccc(C)c(F)c1.Cc1ccc(C)c(F)c1.Cc1ccc(C)c(F)c1F.Cc1ccc(C)cc1. The molecule has 85 heavy (non-hydrogen) atoms. The summed E-state index contributed by atoms with van der Waals surface area (Å²) in [6, 6.07) is 22.0. The van der Waals surface area contributed by atoms with Gasteiger partial charge in [-0.25, -0.2) is 17.6 Å². The van der Waals surface area contributed by atoms with Crippen molar-refractivity contribution in [2.75, 3.05) is 13.2 Å². The second-order valence-electron chi connectivity index (χ2n) is 27.2. The maximum Gasteiger partial charge on any atom is 0.161 e. The molecule has 10 rings (SSSR count).